The maximum Gasteiger partial charge on any atom is 0.389 e. The van der Waals surface area contributed by atoms with Crippen molar-refractivity contribution in [2.24, 2.45) is 4.99 Å². The Morgan fingerprint density at radius 3 is 2.40 bits per heavy atom. The monoisotopic (exact) mass is 278 g/mol. The van der Waals surface area contributed by atoms with Gasteiger partial charge in [-0.15, -0.1) is 0 Å². The van der Waals surface area contributed by atoms with Gasteiger partial charge in [-0.05, 0) is 45.1 Å². The molecule has 0 fully saturated rings. The lowest BCUT2D eigenvalue weighted by Crippen LogP contribution is -2.24. The summed E-state index contributed by atoms with van der Waals surface area (Å²) >= 11 is 0. The zero-order chi connectivity index (χ0) is 14.6. The average Bonchev–Trinajstić information content (AvgIpc) is 2.48. The molecular weight excluding hydrogens is 252 g/mol. The van der Waals surface area contributed by atoms with E-state index < -0.39 is 0 Å². The van der Waals surface area contributed by atoms with Gasteiger partial charge in [0.05, 0.1) is 6.61 Å². The van der Waals surface area contributed by atoms with Crippen LogP contribution in [0.3, 0.4) is 0 Å². The van der Waals surface area contributed by atoms with Crippen LogP contribution in [-0.2, 0) is 4.74 Å². The SMILES string of the molecule is CCOC(=NCCCN(CC)CC)Oc1ccccc1. The van der Waals surface area contributed by atoms with Gasteiger partial charge in [-0.25, -0.2) is 4.99 Å². The summed E-state index contributed by atoms with van der Waals surface area (Å²) in [5.74, 6) is 0.753. The van der Waals surface area contributed by atoms with Gasteiger partial charge in [-0.1, -0.05) is 32.0 Å². The Kier molecular flexibility index (Phi) is 8.47. The largest absolute Gasteiger partial charge is 0.451 e. The number of ether oxygens (including phenoxy) is 2. The van der Waals surface area contributed by atoms with Gasteiger partial charge in [-0.2, -0.15) is 0 Å². The van der Waals surface area contributed by atoms with Crippen LogP contribution < -0.4 is 4.74 Å². The summed E-state index contributed by atoms with van der Waals surface area (Å²) in [5.41, 5.74) is 0. The fraction of sp³-hybridized carbons (Fsp3) is 0.562. The van der Waals surface area contributed by atoms with E-state index in [1.54, 1.807) is 0 Å². The zero-order valence-corrected chi connectivity index (χ0v) is 12.8. The van der Waals surface area contributed by atoms with Gasteiger partial charge >= 0.3 is 6.08 Å². The molecule has 0 unspecified atom stereocenters. The first-order valence-corrected chi connectivity index (χ1v) is 7.42. The molecule has 112 valence electrons. The number of nitrogens with zero attached hydrogens (tertiary/aromatic N) is 2. The molecule has 0 amide bonds. The molecule has 0 aromatic heterocycles. The van der Waals surface area contributed by atoms with Crippen molar-refractivity contribution in [3.63, 3.8) is 0 Å². The fourth-order valence-electron chi connectivity index (χ4n) is 1.82. The molecule has 4 heteroatoms. The van der Waals surface area contributed by atoms with E-state index in [0.29, 0.717) is 12.7 Å². The van der Waals surface area contributed by atoms with E-state index >= 15 is 0 Å². The van der Waals surface area contributed by atoms with E-state index in [1.165, 1.54) is 0 Å². The number of para-hydroxylation sites is 1. The topological polar surface area (TPSA) is 34.1 Å². The first-order chi connectivity index (χ1) is 9.80. The van der Waals surface area contributed by atoms with E-state index in [0.717, 1.165) is 38.3 Å². The summed E-state index contributed by atoms with van der Waals surface area (Å²) in [6.07, 6.45) is 1.37. The summed E-state index contributed by atoms with van der Waals surface area (Å²) in [6.45, 7) is 10.8. The van der Waals surface area contributed by atoms with Gasteiger partial charge in [0.25, 0.3) is 0 Å². The lowest BCUT2D eigenvalue weighted by Gasteiger charge is -2.16. The minimum absolute atomic E-state index is 0.359. The number of benzene rings is 1. The maximum atomic E-state index is 5.63. The zero-order valence-electron chi connectivity index (χ0n) is 12.8. The quantitative estimate of drug-likeness (QED) is 0.416. The maximum absolute atomic E-state index is 5.63. The van der Waals surface area contributed by atoms with Crippen molar-refractivity contribution in [1.29, 1.82) is 0 Å². The van der Waals surface area contributed by atoms with Crippen LogP contribution in [0.5, 0.6) is 5.75 Å². The van der Waals surface area contributed by atoms with E-state index in [9.17, 15) is 0 Å². The third-order valence-electron chi connectivity index (χ3n) is 2.98. The van der Waals surface area contributed by atoms with Gasteiger partial charge in [-0.3, -0.25) is 0 Å². The second-order valence-electron chi connectivity index (χ2n) is 4.38. The first kappa shape index (κ1) is 16.5. The molecule has 0 spiro atoms. The fourth-order valence-corrected chi connectivity index (χ4v) is 1.82. The Hall–Kier alpha value is -1.55. The van der Waals surface area contributed by atoms with E-state index in [2.05, 4.69) is 23.7 Å². The highest BCUT2D eigenvalue weighted by Crippen LogP contribution is 2.09. The van der Waals surface area contributed by atoms with Crippen molar-refractivity contribution >= 4 is 6.08 Å². The minimum atomic E-state index is 0.359. The summed E-state index contributed by atoms with van der Waals surface area (Å²) in [4.78, 5) is 6.78. The highest BCUT2D eigenvalue weighted by molar-refractivity contribution is 5.69. The second-order valence-corrected chi connectivity index (χ2v) is 4.38. The van der Waals surface area contributed by atoms with Crippen LogP contribution in [0, 0.1) is 0 Å². The van der Waals surface area contributed by atoms with Crippen molar-refractivity contribution in [3.8, 4) is 5.75 Å². The molecule has 0 aliphatic rings. The molecule has 0 saturated heterocycles. The highest BCUT2D eigenvalue weighted by Gasteiger charge is 2.03. The lowest BCUT2D eigenvalue weighted by molar-refractivity contribution is 0.247. The first-order valence-electron chi connectivity index (χ1n) is 7.42. The molecule has 0 bridgehead atoms. The minimum Gasteiger partial charge on any atom is -0.451 e. The second kappa shape index (κ2) is 10.3. The normalized spacial score (nSPS) is 11.7. The molecule has 0 saturated carbocycles. The number of hydrogen-bond donors (Lipinski definition) is 0. The predicted octanol–water partition coefficient (Wildman–Crippen LogP) is 3.19. The van der Waals surface area contributed by atoms with Crippen molar-refractivity contribution in [1.82, 2.24) is 4.90 Å². The molecule has 0 heterocycles. The summed E-state index contributed by atoms with van der Waals surface area (Å²) in [6, 6.07) is 9.60. The Morgan fingerprint density at radius 1 is 1.10 bits per heavy atom. The Labute approximate surface area is 122 Å². The highest BCUT2D eigenvalue weighted by atomic mass is 16.7. The van der Waals surface area contributed by atoms with Gasteiger partial charge in [0.15, 0.2) is 0 Å². The van der Waals surface area contributed by atoms with E-state index in [1.807, 2.05) is 37.3 Å². The van der Waals surface area contributed by atoms with Crippen LogP contribution in [0.2, 0.25) is 0 Å². The summed E-state index contributed by atoms with van der Waals surface area (Å²) in [7, 11) is 0. The van der Waals surface area contributed by atoms with Crippen molar-refractivity contribution < 1.29 is 9.47 Å². The number of aliphatic imine (C=N–C) groups is 1. The van der Waals surface area contributed by atoms with E-state index in [4.69, 9.17) is 9.47 Å². The van der Waals surface area contributed by atoms with Crippen LogP contribution in [0.15, 0.2) is 35.3 Å². The molecule has 0 atom stereocenters. The smallest absolute Gasteiger partial charge is 0.389 e. The van der Waals surface area contributed by atoms with Crippen LogP contribution in [0.4, 0.5) is 0 Å². The third kappa shape index (κ3) is 6.57. The van der Waals surface area contributed by atoms with Gasteiger partial charge in [0, 0.05) is 6.54 Å². The Bertz CT molecular complexity index is 375. The lowest BCUT2D eigenvalue weighted by atomic mass is 10.3. The third-order valence-corrected chi connectivity index (χ3v) is 2.98. The molecule has 0 aliphatic carbocycles. The number of hydrogen-bond acceptors (Lipinski definition) is 4. The van der Waals surface area contributed by atoms with Gasteiger partial charge < -0.3 is 14.4 Å². The summed E-state index contributed by atoms with van der Waals surface area (Å²) in [5, 5.41) is 0. The summed E-state index contributed by atoms with van der Waals surface area (Å²) < 4.78 is 11.0. The van der Waals surface area contributed by atoms with Crippen LogP contribution in [0.25, 0.3) is 0 Å². The molecule has 1 aromatic rings. The van der Waals surface area contributed by atoms with Gasteiger partial charge in [0.1, 0.15) is 5.75 Å². The molecule has 1 rings (SSSR count). The van der Waals surface area contributed by atoms with Crippen LogP contribution in [-0.4, -0.2) is 43.8 Å². The number of rotatable bonds is 8. The Morgan fingerprint density at radius 2 is 1.80 bits per heavy atom. The molecule has 0 radical (unpaired) electrons. The molecular formula is C16H26N2O2. The average molecular weight is 278 g/mol. The van der Waals surface area contributed by atoms with E-state index in [-0.39, 0.29) is 0 Å². The van der Waals surface area contributed by atoms with Crippen molar-refractivity contribution in [3.05, 3.63) is 30.3 Å². The Balaban J connectivity index is 2.42. The molecule has 4 nitrogen and oxygen atoms in total. The predicted molar refractivity (Wildman–Crippen MR) is 83.4 cm³/mol. The van der Waals surface area contributed by atoms with Crippen LogP contribution in [0.1, 0.15) is 27.2 Å². The van der Waals surface area contributed by atoms with Gasteiger partial charge in [0.2, 0.25) is 0 Å². The molecule has 0 aliphatic heterocycles. The van der Waals surface area contributed by atoms with Crippen molar-refractivity contribution in [2.75, 3.05) is 32.8 Å². The van der Waals surface area contributed by atoms with Crippen molar-refractivity contribution in [2.45, 2.75) is 27.2 Å². The molecule has 0 N–H and O–H groups in total. The molecule has 20 heavy (non-hydrogen) atoms. The van der Waals surface area contributed by atoms with Crippen LogP contribution >= 0.6 is 0 Å². The standard InChI is InChI=1S/C16H26N2O2/c1-4-18(5-2)14-10-13-17-16(19-6-3)20-15-11-8-7-9-12-15/h7-9,11-12H,4-6,10,13-14H2,1-3H3. The molecule has 1 aromatic carbocycles.